The molecule has 0 aliphatic carbocycles. The molecule has 1 aliphatic rings. The number of rotatable bonds is 1. The average Bonchev–Trinajstić information content (AvgIpc) is 2.83. The van der Waals surface area contributed by atoms with Crippen molar-refractivity contribution < 1.29 is 0 Å². The summed E-state index contributed by atoms with van der Waals surface area (Å²) in [4.78, 5) is 1.88. The molecule has 2 nitrogen and oxygen atoms in total. The fourth-order valence-corrected chi connectivity index (χ4v) is 3.67. The lowest BCUT2D eigenvalue weighted by Gasteiger charge is -2.22. The van der Waals surface area contributed by atoms with Gasteiger partial charge in [0.15, 0.2) is 4.99 Å². The number of benzene rings is 1. The molecule has 1 unspecified atom stereocenters. The number of nitrogens with two attached hydrogens (primary N) is 1. The van der Waals surface area contributed by atoms with Gasteiger partial charge in [-0.1, -0.05) is 30.0 Å². The number of fused-ring (bicyclic) bond motifs is 1. The van der Waals surface area contributed by atoms with Crippen LogP contribution in [0.5, 0.6) is 0 Å². The van der Waals surface area contributed by atoms with Crippen molar-refractivity contribution in [2.45, 2.75) is 9.89 Å². The lowest BCUT2D eigenvalue weighted by atomic mass is 10.3. The summed E-state index contributed by atoms with van der Waals surface area (Å²) >= 11 is 3.35. The van der Waals surface area contributed by atoms with Gasteiger partial charge in [0.25, 0.3) is 0 Å². The van der Waals surface area contributed by atoms with E-state index >= 15 is 0 Å². The van der Waals surface area contributed by atoms with Crippen molar-refractivity contribution in [1.82, 2.24) is 0 Å². The molecule has 4 heteroatoms. The molecule has 1 aromatic carbocycles. The second-order valence-corrected chi connectivity index (χ2v) is 5.67. The number of anilines is 1. The smallest absolute Gasteiger partial charge is 0.175 e. The third kappa shape index (κ3) is 1.45. The summed E-state index contributed by atoms with van der Waals surface area (Å²) in [7, 11) is 0. The van der Waals surface area contributed by atoms with Crippen LogP contribution in [0.4, 0.5) is 5.69 Å². The van der Waals surface area contributed by atoms with E-state index in [1.165, 1.54) is 4.90 Å². The summed E-state index contributed by atoms with van der Waals surface area (Å²) < 4.78 is 0. The van der Waals surface area contributed by atoms with Crippen LogP contribution in [0.3, 0.4) is 0 Å². The topological polar surface area (TPSA) is 38.0 Å². The Morgan fingerprint density at radius 2 is 2.00 bits per heavy atom. The molecule has 2 aromatic rings. The minimum absolute atomic E-state index is 0.488. The Morgan fingerprint density at radius 1 is 1.13 bits per heavy atom. The second-order valence-electron chi connectivity index (χ2n) is 3.44. The Kier molecular flexibility index (Phi) is 2.02. The Hall–Kier alpha value is -0.970. The minimum atomic E-state index is -0.488. The fourth-order valence-electron chi connectivity index (χ4n) is 1.66. The van der Waals surface area contributed by atoms with Gasteiger partial charge in [-0.2, -0.15) is 0 Å². The molecular formula is C11H10N2S2. The van der Waals surface area contributed by atoms with Crippen molar-refractivity contribution in [2.75, 3.05) is 5.32 Å². The molecule has 0 saturated heterocycles. The predicted molar refractivity (Wildman–Crippen MR) is 66.1 cm³/mol. The molecule has 15 heavy (non-hydrogen) atoms. The first kappa shape index (κ1) is 9.27. The van der Waals surface area contributed by atoms with Gasteiger partial charge in [-0.15, -0.1) is 11.3 Å². The summed E-state index contributed by atoms with van der Waals surface area (Å²) in [5.74, 6) is 0. The zero-order valence-corrected chi connectivity index (χ0v) is 9.57. The summed E-state index contributed by atoms with van der Waals surface area (Å²) in [5.41, 5.74) is 7.46. The third-order valence-electron chi connectivity index (χ3n) is 2.37. The first-order valence-corrected chi connectivity index (χ1v) is 6.37. The van der Waals surface area contributed by atoms with E-state index in [1.807, 2.05) is 18.2 Å². The summed E-state index contributed by atoms with van der Waals surface area (Å²) in [5, 5.41) is 5.42. The van der Waals surface area contributed by atoms with Gasteiger partial charge in [-0.25, -0.2) is 0 Å². The van der Waals surface area contributed by atoms with E-state index < -0.39 is 4.99 Å². The normalized spacial score (nSPS) is 23.5. The van der Waals surface area contributed by atoms with Crippen LogP contribution in [0.2, 0.25) is 0 Å². The highest BCUT2D eigenvalue weighted by molar-refractivity contribution is 8.01. The zero-order valence-electron chi connectivity index (χ0n) is 7.94. The van der Waals surface area contributed by atoms with Crippen molar-refractivity contribution in [1.29, 1.82) is 0 Å². The molecule has 1 aliphatic heterocycles. The Balaban J connectivity index is 2.01. The molecule has 3 N–H and O–H groups in total. The van der Waals surface area contributed by atoms with Crippen LogP contribution in [0.25, 0.3) is 0 Å². The highest BCUT2D eigenvalue weighted by Crippen LogP contribution is 2.48. The maximum atomic E-state index is 6.34. The Bertz CT molecular complexity index is 454. The third-order valence-corrected chi connectivity index (χ3v) is 4.72. The quantitative estimate of drug-likeness (QED) is 0.796. The molecule has 2 heterocycles. The maximum absolute atomic E-state index is 6.34. The van der Waals surface area contributed by atoms with E-state index in [4.69, 9.17) is 5.73 Å². The molecule has 0 fully saturated rings. The van der Waals surface area contributed by atoms with Crippen molar-refractivity contribution in [3.63, 3.8) is 0 Å². The number of hydrogen-bond donors (Lipinski definition) is 2. The van der Waals surface area contributed by atoms with E-state index in [0.29, 0.717) is 0 Å². The number of thioether (sulfide) groups is 1. The predicted octanol–water partition coefficient (Wildman–Crippen LogP) is 3.03. The molecule has 0 radical (unpaired) electrons. The van der Waals surface area contributed by atoms with Crippen LogP contribution in [-0.2, 0) is 4.99 Å². The number of thiophene rings is 1. The molecule has 0 saturated carbocycles. The Morgan fingerprint density at radius 3 is 2.73 bits per heavy atom. The first-order chi connectivity index (χ1) is 7.28. The lowest BCUT2D eigenvalue weighted by Crippen LogP contribution is -2.37. The van der Waals surface area contributed by atoms with Gasteiger partial charge in [-0.05, 0) is 23.6 Å². The van der Waals surface area contributed by atoms with Crippen LogP contribution in [-0.4, -0.2) is 0 Å². The first-order valence-electron chi connectivity index (χ1n) is 4.67. The lowest BCUT2D eigenvalue weighted by molar-refractivity contribution is 0.788. The SMILES string of the molecule is NC1(c2cccs2)Nc2ccccc2S1. The molecular weight excluding hydrogens is 224 g/mol. The van der Waals surface area contributed by atoms with Gasteiger partial charge in [0, 0.05) is 4.90 Å². The average molecular weight is 234 g/mol. The highest BCUT2D eigenvalue weighted by Gasteiger charge is 2.36. The van der Waals surface area contributed by atoms with Gasteiger partial charge in [0.2, 0.25) is 0 Å². The van der Waals surface area contributed by atoms with Crippen molar-refractivity contribution in [3.05, 3.63) is 46.7 Å². The van der Waals surface area contributed by atoms with Gasteiger partial charge in [-0.3, -0.25) is 5.73 Å². The molecule has 3 rings (SSSR count). The summed E-state index contributed by atoms with van der Waals surface area (Å²) in [6, 6.07) is 12.3. The minimum Gasteiger partial charge on any atom is -0.353 e. The standard InChI is InChI=1S/C11H10N2S2/c12-11(10-6-3-7-14-10)13-8-4-1-2-5-9(8)15-11/h1-7,13H,12H2. The van der Waals surface area contributed by atoms with E-state index in [0.717, 1.165) is 10.6 Å². The van der Waals surface area contributed by atoms with Crippen molar-refractivity contribution >= 4 is 28.8 Å². The highest BCUT2D eigenvalue weighted by atomic mass is 32.2. The van der Waals surface area contributed by atoms with E-state index in [1.54, 1.807) is 23.1 Å². The Labute approximate surface area is 96.5 Å². The van der Waals surface area contributed by atoms with Crippen LogP contribution in [0.1, 0.15) is 4.88 Å². The van der Waals surface area contributed by atoms with Crippen LogP contribution in [0.15, 0.2) is 46.7 Å². The van der Waals surface area contributed by atoms with Crippen LogP contribution < -0.4 is 11.1 Å². The van der Waals surface area contributed by atoms with Crippen molar-refractivity contribution in [2.24, 2.45) is 5.73 Å². The van der Waals surface area contributed by atoms with E-state index in [-0.39, 0.29) is 0 Å². The maximum Gasteiger partial charge on any atom is 0.175 e. The molecule has 1 aromatic heterocycles. The number of nitrogens with one attached hydrogen (secondary N) is 1. The molecule has 76 valence electrons. The van der Waals surface area contributed by atoms with Crippen LogP contribution in [0, 0.1) is 0 Å². The van der Waals surface area contributed by atoms with E-state index in [9.17, 15) is 0 Å². The fraction of sp³-hybridized carbons (Fsp3) is 0.0909. The van der Waals surface area contributed by atoms with Gasteiger partial charge in [0.1, 0.15) is 0 Å². The number of para-hydroxylation sites is 1. The molecule has 0 amide bonds. The summed E-state index contributed by atoms with van der Waals surface area (Å²) in [6.45, 7) is 0. The number of hydrogen-bond acceptors (Lipinski definition) is 4. The second kappa shape index (κ2) is 3.27. The molecule has 0 spiro atoms. The molecule has 0 bridgehead atoms. The van der Waals surface area contributed by atoms with Crippen LogP contribution >= 0.6 is 23.1 Å². The largest absolute Gasteiger partial charge is 0.353 e. The zero-order chi connectivity index (χ0) is 10.3. The monoisotopic (exact) mass is 234 g/mol. The molecule has 1 atom stereocenters. The van der Waals surface area contributed by atoms with Gasteiger partial charge < -0.3 is 5.32 Å². The van der Waals surface area contributed by atoms with Gasteiger partial charge in [0.05, 0.1) is 10.6 Å². The van der Waals surface area contributed by atoms with Crippen molar-refractivity contribution in [3.8, 4) is 0 Å². The van der Waals surface area contributed by atoms with E-state index in [2.05, 4.69) is 28.9 Å². The summed E-state index contributed by atoms with van der Waals surface area (Å²) in [6.07, 6.45) is 0. The van der Waals surface area contributed by atoms with Gasteiger partial charge >= 0.3 is 0 Å².